The summed E-state index contributed by atoms with van der Waals surface area (Å²) >= 11 is 0. The van der Waals surface area contributed by atoms with E-state index in [1.54, 1.807) is 20.0 Å². The van der Waals surface area contributed by atoms with Crippen LogP contribution in [0.1, 0.15) is 18.2 Å². The van der Waals surface area contributed by atoms with Crippen LogP contribution in [-0.4, -0.2) is 27.4 Å². The van der Waals surface area contributed by atoms with Crippen molar-refractivity contribution < 1.29 is 14.7 Å². The molecule has 0 amide bonds. The topological polar surface area (TPSA) is 94.9 Å². The van der Waals surface area contributed by atoms with E-state index < -0.39 is 0 Å². The Bertz CT molecular complexity index is 664. The molecule has 1 heterocycles. The molecule has 1 aromatic heterocycles. The van der Waals surface area contributed by atoms with Gasteiger partial charge in [0, 0.05) is 7.05 Å². The van der Waals surface area contributed by atoms with Crippen molar-refractivity contribution in [3.8, 4) is 17.4 Å². The molecule has 0 radical (unpaired) electrons. The molecule has 112 valence electrons. The number of benzene rings is 1. The highest BCUT2D eigenvalue weighted by atomic mass is 16.5. The van der Waals surface area contributed by atoms with Crippen LogP contribution >= 0.6 is 0 Å². The van der Waals surface area contributed by atoms with E-state index in [0.29, 0.717) is 35.2 Å². The molecule has 1 aromatic carbocycles. The number of hydrogen-bond donors (Lipinski definition) is 2. The average Bonchev–Trinajstić information content (AvgIpc) is 2.75. The number of nitrogens with zero attached hydrogens (tertiary/aromatic N) is 3. The quantitative estimate of drug-likeness (QED) is 0.380. The van der Waals surface area contributed by atoms with Gasteiger partial charge >= 0.3 is 0 Å². The minimum absolute atomic E-state index is 0.0514. The molecule has 7 nitrogen and oxygen atoms in total. The number of ether oxygens (including phenoxy) is 2. The van der Waals surface area contributed by atoms with Crippen LogP contribution in [0, 0.1) is 6.92 Å². The van der Waals surface area contributed by atoms with E-state index in [-0.39, 0.29) is 5.84 Å². The Kier molecular flexibility index (Phi) is 4.32. The number of hydrogen-bond acceptors (Lipinski definition) is 5. The number of aryl methyl sites for hydroxylation is 2. The number of rotatable bonds is 5. The first kappa shape index (κ1) is 14.7. The van der Waals surface area contributed by atoms with Gasteiger partial charge in [-0.2, -0.15) is 5.10 Å². The average molecular weight is 290 g/mol. The molecule has 0 bridgehead atoms. The third kappa shape index (κ3) is 2.91. The van der Waals surface area contributed by atoms with Gasteiger partial charge in [0.1, 0.15) is 5.56 Å². The highest BCUT2D eigenvalue weighted by molar-refractivity contribution is 6.00. The fourth-order valence-electron chi connectivity index (χ4n) is 2.01. The van der Waals surface area contributed by atoms with Crippen LogP contribution < -0.4 is 15.2 Å². The Hall–Kier alpha value is -2.70. The van der Waals surface area contributed by atoms with Crippen LogP contribution in [0.15, 0.2) is 29.4 Å². The summed E-state index contributed by atoms with van der Waals surface area (Å²) in [6, 6.07) is 7.29. The number of nitrogens with two attached hydrogens (primary N) is 1. The standard InChI is InChI=1S/C14H18N4O3/c1-4-20-10-7-5-6-8-11(10)21-14-12(13(15)17-19)9(2)16-18(14)3/h5-8,19H,4H2,1-3H3,(H2,15,17). The van der Waals surface area contributed by atoms with Crippen molar-refractivity contribution in [2.75, 3.05) is 6.61 Å². The molecule has 0 fully saturated rings. The summed E-state index contributed by atoms with van der Waals surface area (Å²) in [6.45, 7) is 4.18. The van der Waals surface area contributed by atoms with Gasteiger partial charge in [0.15, 0.2) is 17.3 Å². The predicted molar refractivity (Wildman–Crippen MR) is 78.1 cm³/mol. The first-order valence-corrected chi connectivity index (χ1v) is 6.49. The molecule has 0 saturated heterocycles. The smallest absolute Gasteiger partial charge is 0.229 e. The fraction of sp³-hybridized carbons (Fsp3) is 0.286. The molecule has 21 heavy (non-hydrogen) atoms. The van der Waals surface area contributed by atoms with Crippen LogP contribution in [0.25, 0.3) is 0 Å². The van der Waals surface area contributed by atoms with Crippen molar-refractivity contribution >= 4 is 5.84 Å². The third-order valence-electron chi connectivity index (χ3n) is 2.89. The summed E-state index contributed by atoms with van der Waals surface area (Å²) in [5, 5.41) is 16.2. The molecule has 0 unspecified atom stereocenters. The largest absolute Gasteiger partial charge is 0.490 e. The lowest BCUT2D eigenvalue weighted by Crippen LogP contribution is -2.15. The molecule has 0 aliphatic heterocycles. The normalized spacial score (nSPS) is 11.5. The summed E-state index contributed by atoms with van der Waals surface area (Å²) in [4.78, 5) is 0. The second-order valence-corrected chi connectivity index (χ2v) is 4.36. The number of oxime groups is 1. The molecular weight excluding hydrogens is 272 g/mol. The van der Waals surface area contributed by atoms with Crippen molar-refractivity contribution in [1.29, 1.82) is 0 Å². The Balaban J connectivity index is 2.45. The van der Waals surface area contributed by atoms with E-state index >= 15 is 0 Å². The fourth-order valence-corrected chi connectivity index (χ4v) is 2.01. The Morgan fingerprint density at radius 1 is 1.38 bits per heavy atom. The van der Waals surface area contributed by atoms with E-state index in [0.717, 1.165) is 0 Å². The summed E-state index contributed by atoms with van der Waals surface area (Å²) in [6.07, 6.45) is 0. The van der Waals surface area contributed by atoms with Gasteiger partial charge in [0.25, 0.3) is 0 Å². The maximum atomic E-state index is 8.90. The molecule has 0 saturated carbocycles. The molecule has 2 rings (SSSR count). The minimum Gasteiger partial charge on any atom is -0.490 e. The molecule has 2 aromatic rings. The van der Waals surface area contributed by atoms with Crippen LogP contribution in [-0.2, 0) is 7.05 Å². The monoisotopic (exact) mass is 290 g/mol. The van der Waals surface area contributed by atoms with Gasteiger partial charge in [-0.15, -0.1) is 0 Å². The van der Waals surface area contributed by atoms with Gasteiger partial charge in [0.2, 0.25) is 5.88 Å². The van der Waals surface area contributed by atoms with E-state index in [2.05, 4.69) is 10.3 Å². The second kappa shape index (κ2) is 6.17. The molecule has 0 aliphatic carbocycles. The van der Waals surface area contributed by atoms with Gasteiger partial charge in [-0.05, 0) is 26.0 Å². The van der Waals surface area contributed by atoms with Crippen LogP contribution in [0.5, 0.6) is 17.4 Å². The summed E-state index contributed by atoms with van der Waals surface area (Å²) < 4.78 is 12.9. The number of aromatic nitrogens is 2. The second-order valence-electron chi connectivity index (χ2n) is 4.36. The van der Waals surface area contributed by atoms with Crippen LogP contribution in [0.3, 0.4) is 0 Å². The van der Waals surface area contributed by atoms with Crippen molar-refractivity contribution in [2.45, 2.75) is 13.8 Å². The molecular formula is C14H18N4O3. The van der Waals surface area contributed by atoms with Gasteiger partial charge in [-0.25, -0.2) is 4.68 Å². The maximum absolute atomic E-state index is 8.90. The van der Waals surface area contributed by atoms with Crippen LogP contribution in [0.2, 0.25) is 0 Å². The zero-order valence-electron chi connectivity index (χ0n) is 12.2. The van der Waals surface area contributed by atoms with Gasteiger partial charge in [-0.3, -0.25) is 0 Å². The summed E-state index contributed by atoms with van der Waals surface area (Å²) in [5.41, 5.74) is 6.75. The van der Waals surface area contributed by atoms with Gasteiger partial charge in [-0.1, -0.05) is 17.3 Å². The highest BCUT2D eigenvalue weighted by Gasteiger charge is 2.20. The lowest BCUT2D eigenvalue weighted by molar-refractivity contribution is 0.314. The lowest BCUT2D eigenvalue weighted by atomic mass is 10.2. The van der Waals surface area contributed by atoms with Crippen molar-refractivity contribution in [3.05, 3.63) is 35.5 Å². The number of para-hydroxylation sites is 2. The lowest BCUT2D eigenvalue weighted by Gasteiger charge is -2.12. The Labute approximate surface area is 122 Å². The van der Waals surface area contributed by atoms with Gasteiger partial charge < -0.3 is 20.4 Å². The van der Waals surface area contributed by atoms with Crippen molar-refractivity contribution in [1.82, 2.24) is 9.78 Å². The molecule has 7 heteroatoms. The van der Waals surface area contributed by atoms with Gasteiger partial charge in [0.05, 0.1) is 12.3 Å². The first-order chi connectivity index (χ1) is 10.1. The van der Waals surface area contributed by atoms with Crippen LogP contribution in [0.4, 0.5) is 0 Å². The van der Waals surface area contributed by atoms with E-state index in [1.165, 1.54) is 4.68 Å². The molecule has 0 spiro atoms. The van der Waals surface area contributed by atoms with Crippen molar-refractivity contribution in [3.63, 3.8) is 0 Å². The molecule has 3 N–H and O–H groups in total. The molecule has 0 atom stereocenters. The maximum Gasteiger partial charge on any atom is 0.229 e. The zero-order valence-corrected chi connectivity index (χ0v) is 12.2. The summed E-state index contributed by atoms with van der Waals surface area (Å²) in [5.74, 6) is 1.48. The van der Waals surface area contributed by atoms with Crippen molar-refractivity contribution in [2.24, 2.45) is 17.9 Å². The van der Waals surface area contributed by atoms with E-state index in [4.69, 9.17) is 20.4 Å². The third-order valence-corrected chi connectivity index (χ3v) is 2.89. The SMILES string of the molecule is CCOc1ccccc1Oc1c(C(N)=NO)c(C)nn1C. The minimum atomic E-state index is -0.0514. The predicted octanol–water partition coefficient (Wildman–Crippen LogP) is 2.01. The number of amidine groups is 1. The van der Waals surface area contributed by atoms with E-state index in [9.17, 15) is 0 Å². The summed E-state index contributed by atoms with van der Waals surface area (Å²) in [7, 11) is 1.72. The Morgan fingerprint density at radius 3 is 2.67 bits per heavy atom. The first-order valence-electron chi connectivity index (χ1n) is 6.49. The van der Waals surface area contributed by atoms with E-state index in [1.807, 2.05) is 25.1 Å². The highest BCUT2D eigenvalue weighted by Crippen LogP contribution is 2.33. The Morgan fingerprint density at radius 2 is 2.05 bits per heavy atom. The molecule has 0 aliphatic rings. The zero-order chi connectivity index (χ0) is 15.4.